The van der Waals surface area contributed by atoms with Crippen molar-refractivity contribution in [1.29, 1.82) is 0 Å². The fourth-order valence-corrected chi connectivity index (χ4v) is 3.23. The van der Waals surface area contributed by atoms with Crippen LogP contribution in [0.2, 0.25) is 10.4 Å². The largest absolute Gasteiger partial charge is 0.463 e. The lowest BCUT2D eigenvalue weighted by atomic mass is 10.2. The molecule has 134 valence electrons. The van der Waals surface area contributed by atoms with E-state index in [1.807, 2.05) is 0 Å². The van der Waals surface area contributed by atoms with Crippen LogP contribution in [0.25, 0.3) is 11.5 Å². The Kier molecular flexibility index (Phi) is 5.07. The Balaban J connectivity index is 1.94. The number of esters is 2. The number of carbonyl (C=O) groups is 2. The second-order valence-electron chi connectivity index (χ2n) is 5.42. The summed E-state index contributed by atoms with van der Waals surface area (Å²) in [4.78, 5) is 34.5. The lowest BCUT2D eigenvalue weighted by molar-refractivity contribution is -0.153. The number of rotatable bonds is 4. The summed E-state index contributed by atoms with van der Waals surface area (Å²) >= 11 is 12.6. The molecule has 1 fully saturated rings. The van der Waals surface area contributed by atoms with Gasteiger partial charge in [0.05, 0.1) is 6.10 Å². The maximum atomic E-state index is 11.4. The van der Waals surface area contributed by atoms with Gasteiger partial charge in [-0.25, -0.2) is 9.97 Å². The SMILES string of the molecule is CC(=O)OC[C@@H]1C[C@@H](OC(C)=O)[C@H](n2c(Cl)nc3ncnc-3c2Cl)O1. The Morgan fingerprint density at radius 3 is 2.76 bits per heavy atom. The average Bonchev–Trinajstić information content (AvgIpc) is 3.12. The highest BCUT2D eigenvalue weighted by Gasteiger charge is 2.41. The van der Waals surface area contributed by atoms with Crippen LogP contribution in [0.3, 0.4) is 0 Å². The summed E-state index contributed by atoms with van der Waals surface area (Å²) in [6.45, 7) is 2.60. The van der Waals surface area contributed by atoms with Crippen molar-refractivity contribution in [2.45, 2.75) is 38.7 Å². The Labute approximate surface area is 152 Å². The van der Waals surface area contributed by atoms with E-state index in [1.54, 1.807) is 0 Å². The number of halogens is 2. The molecule has 11 heteroatoms. The zero-order valence-corrected chi connectivity index (χ0v) is 14.8. The average molecular weight is 389 g/mol. The predicted octanol–water partition coefficient (Wildman–Crippen LogP) is 1.87. The summed E-state index contributed by atoms with van der Waals surface area (Å²) in [5, 5.41) is 0.163. The molecule has 0 spiro atoms. The molecule has 3 aliphatic heterocycles. The van der Waals surface area contributed by atoms with Gasteiger partial charge in [0.15, 0.2) is 12.1 Å². The summed E-state index contributed by atoms with van der Waals surface area (Å²) < 4.78 is 17.5. The normalized spacial score (nSPS) is 23.0. The number of fused-ring (bicyclic) bond motifs is 1. The van der Waals surface area contributed by atoms with E-state index < -0.39 is 30.4 Å². The van der Waals surface area contributed by atoms with E-state index in [0.717, 1.165) is 0 Å². The molecular formula is C14H14Cl2N4O5. The van der Waals surface area contributed by atoms with Crippen LogP contribution >= 0.6 is 23.2 Å². The van der Waals surface area contributed by atoms with Crippen molar-refractivity contribution in [3.63, 3.8) is 0 Å². The molecule has 3 atom stereocenters. The highest BCUT2D eigenvalue weighted by Crippen LogP contribution is 2.38. The van der Waals surface area contributed by atoms with Gasteiger partial charge in [-0.3, -0.25) is 14.2 Å². The monoisotopic (exact) mass is 388 g/mol. The van der Waals surface area contributed by atoms with Gasteiger partial charge < -0.3 is 14.2 Å². The summed E-state index contributed by atoms with van der Waals surface area (Å²) in [7, 11) is 0. The number of imidazole rings is 1. The number of hydrogen-bond donors (Lipinski definition) is 0. The van der Waals surface area contributed by atoms with E-state index >= 15 is 0 Å². The van der Waals surface area contributed by atoms with Crippen LogP contribution in [0.5, 0.6) is 0 Å². The fourth-order valence-electron chi connectivity index (χ4n) is 2.62. The van der Waals surface area contributed by atoms with Crippen molar-refractivity contribution >= 4 is 35.1 Å². The van der Waals surface area contributed by atoms with Gasteiger partial charge in [-0.2, -0.15) is 4.98 Å². The molecule has 3 aliphatic rings. The molecule has 1 saturated heterocycles. The molecule has 0 aliphatic carbocycles. The number of carbonyl (C=O) groups excluding carboxylic acids is 2. The molecule has 25 heavy (non-hydrogen) atoms. The van der Waals surface area contributed by atoms with Crippen molar-refractivity contribution in [3.8, 4) is 11.5 Å². The molecule has 9 nitrogen and oxygen atoms in total. The van der Waals surface area contributed by atoms with Crippen LogP contribution < -0.4 is 0 Å². The van der Waals surface area contributed by atoms with E-state index in [4.69, 9.17) is 37.4 Å². The minimum Gasteiger partial charge on any atom is -0.463 e. The van der Waals surface area contributed by atoms with E-state index in [-0.39, 0.29) is 17.0 Å². The molecule has 0 amide bonds. The molecular weight excluding hydrogens is 375 g/mol. The fraction of sp³-hybridized carbons (Fsp3) is 0.500. The Hall–Kier alpha value is -1.97. The molecule has 0 N–H and O–H groups in total. The van der Waals surface area contributed by atoms with E-state index in [0.29, 0.717) is 17.9 Å². The second kappa shape index (κ2) is 7.11. The molecule has 0 bridgehead atoms. The molecule has 3 heterocycles. The van der Waals surface area contributed by atoms with E-state index in [9.17, 15) is 9.59 Å². The smallest absolute Gasteiger partial charge is 0.303 e. The maximum absolute atomic E-state index is 11.4. The van der Waals surface area contributed by atoms with Gasteiger partial charge in [0.1, 0.15) is 29.9 Å². The van der Waals surface area contributed by atoms with Gasteiger partial charge >= 0.3 is 11.9 Å². The van der Waals surface area contributed by atoms with Crippen molar-refractivity contribution < 1.29 is 23.8 Å². The standard InChI is InChI=1S/C14H14Cl2N4O5/c1-6(21)23-4-8-3-9(24-7(2)22)13(25-8)20-11(15)10-12(18-5-17-10)19-14(20)16/h5,8-9,13H,3-4H2,1-2H3/t8-,9+,13+/m0/s1. The Morgan fingerprint density at radius 2 is 2.08 bits per heavy atom. The minimum atomic E-state index is -0.835. The number of aromatic nitrogens is 4. The highest BCUT2D eigenvalue weighted by molar-refractivity contribution is 6.34. The molecule has 0 aromatic carbocycles. The van der Waals surface area contributed by atoms with Crippen LogP contribution in [0.1, 0.15) is 26.5 Å². The Bertz CT molecular complexity index is 783. The summed E-state index contributed by atoms with van der Waals surface area (Å²) in [6.07, 6.45) is -0.382. The topological polar surface area (TPSA) is 105 Å². The van der Waals surface area contributed by atoms with Gasteiger partial charge in [-0.05, 0) is 11.6 Å². The maximum Gasteiger partial charge on any atom is 0.303 e. The lowest BCUT2D eigenvalue weighted by Crippen LogP contribution is -2.26. The van der Waals surface area contributed by atoms with E-state index in [2.05, 4.69) is 15.0 Å². The van der Waals surface area contributed by atoms with Gasteiger partial charge in [0.25, 0.3) is 0 Å². The molecule has 0 aromatic rings. The van der Waals surface area contributed by atoms with Crippen LogP contribution in [-0.4, -0.2) is 50.3 Å². The van der Waals surface area contributed by atoms with Crippen LogP contribution in [0.15, 0.2) is 6.33 Å². The van der Waals surface area contributed by atoms with Crippen LogP contribution in [0, 0.1) is 0 Å². The quantitative estimate of drug-likeness (QED) is 0.443. The number of nitrogens with zero attached hydrogens (tertiary/aromatic N) is 4. The first-order valence-corrected chi connectivity index (χ1v) is 8.12. The van der Waals surface area contributed by atoms with Gasteiger partial charge in [-0.1, -0.05) is 11.6 Å². The van der Waals surface area contributed by atoms with Crippen LogP contribution in [0.4, 0.5) is 0 Å². The zero-order valence-electron chi connectivity index (χ0n) is 13.3. The first kappa shape index (κ1) is 17.8. The van der Waals surface area contributed by atoms with Gasteiger partial charge in [0.2, 0.25) is 5.28 Å². The predicted molar refractivity (Wildman–Crippen MR) is 85.2 cm³/mol. The van der Waals surface area contributed by atoms with Crippen molar-refractivity contribution in [2.75, 3.05) is 6.61 Å². The lowest BCUT2D eigenvalue weighted by Gasteiger charge is -2.24. The number of ether oxygens (including phenoxy) is 3. The Morgan fingerprint density at radius 1 is 1.32 bits per heavy atom. The molecule has 0 saturated carbocycles. The third-order valence-corrected chi connectivity index (χ3v) is 4.20. The third kappa shape index (κ3) is 3.68. The second-order valence-corrected chi connectivity index (χ2v) is 6.12. The zero-order chi connectivity index (χ0) is 18.1. The van der Waals surface area contributed by atoms with Crippen molar-refractivity contribution in [1.82, 2.24) is 19.5 Å². The molecule has 3 rings (SSSR count). The minimum absolute atomic E-state index is 0.00767. The van der Waals surface area contributed by atoms with Gasteiger partial charge in [-0.15, -0.1) is 0 Å². The van der Waals surface area contributed by atoms with Crippen LogP contribution in [-0.2, 0) is 23.8 Å². The highest BCUT2D eigenvalue weighted by atomic mass is 35.5. The summed E-state index contributed by atoms with van der Waals surface area (Å²) in [5.41, 5.74) is 0.347. The van der Waals surface area contributed by atoms with Gasteiger partial charge in [0, 0.05) is 20.3 Å². The molecule has 0 aromatic heterocycles. The number of hydrogen-bond acceptors (Lipinski definition) is 8. The first-order valence-electron chi connectivity index (χ1n) is 7.36. The van der Waals surface area contributed by atoms with E-state index in [1.165, 1.54) is 24.7 Å². The molecule has 0 radical (unpaired) electrons. The summed E-state index contributed by atoms with van der Waals surface area (Å²) in [5.74, 6) is -0.624. The van der Waals surface area contributed by atoms with Crippen molar-refractivity contribution in [3.05, 3.63) is 16.8 Å². The third-order valence-electron chi connectivity index (χ3n) is 3.57. The first-order chi connectivity index (χ1) is 11.9. The molecule has 0 unspecified atom stereocenters. The summed E-state index contributed by atoms with van der Waals surface area (Å²) in [6, 6.07) is 0. The van der Waals surface area contributed by atoms with Crippen molar-refractivity contribution in [2.24, 2.45) is 0 Å².